The third-order valence-electron chi connectivity index (χ3n) is 4.67. The largest absolute Gasteiger partial charge is 0.366 e. The number of rotatable bonds is 6. The average molecular weight is 332 g/mol. The van der Waals surface area contributed by atoms with E-state index in [9.17, 15) is 4.79 Å². The van der Waals surface area contributed by atoms with Crippen molar-refractivity contribution in [1.29, 1.82) is 0 Å². The van der Waals surface area contributed by atoms with Crippen LogP contribution in [-0.2, 0) is 13.0 Å². The summed E-state index contributed by atoms with van der Waals surface area (Å²) in [7, 11) is 0. The highest BCUT2D eigenvalue weighted by molar-refractivity contribution is 5.95. The standard InChI is InChI=1S/C22H24N2O/c1-16-10-12-19(13-11-16)21-15-20(22(23)25)17(2)24(21)14-6-9-18-7-4-3-5-8-18/h3-5,7-8,10-13,15H,6,9,14H2,1-2H3,(H2,23,25). The average Bonchev–Trinajstić information content (AvgIpc) is 2.94. The van der Waals surface area contributed by atoms with Gasteiger partial charge in [-0.1, -0.05) is 60.2 Å². The highest BCUT2D eigenvalue weighted by atomic mass is 16.1. The van der Waals surface area contributed by atoms with E-state index in [0.29, 0.717) is 5.56 Å². The molecule has 2 N–H and O–H groups in total. The van der Waals surface area contributed by atoms with Crippen LogP contribution in [0.25, 0.3) is 11.3 Å². The number of aromatic nitrogens is 1. The minimum Gasteiger partial charge on any atom is -0.366 e. The minimum absolute atomic E-state index is 0.368. The van der Waals surface area contributed by atoms with E-state index in [1.54, 1.807) is 0 Å². The summed E-state index contributed by atoms with van der Waals surface area (Å²) in [5.74, 6) is -0.368. The molecule has 3 rings (SSSR count). The fraction of sp³-hybridized carbons (Fsp3) is 0.227. The van der Waals surface area contributed by atoms with Crippen LogP contribution in [0.2, 0.25) is 0 Å². The Bertz CT molecular complexity index is 861. The fourth-order valence-electron chi connectivity index (χ4n) is 3.23. The van der Waals surface area contributed by atoms with Gasteiger partial charge in [0.2, 0.25) is 0 Å². The lowest BCUT2D eigenvalue weighted by molar-refractivity contribution is 0.0999. The highest BCUT2D eigenvalue weighted by Gasteiger charge is 2.16. The Labute approximate surface area is 149 Å². The van der Waals surface area contributed by atoms with Gasteiger partial charge in [-0.2, -0.15) is 0 Å². The van der Waals surface area contributed by atoms with E-state index in [1.807, 2.05) is 19.1 Å². The van der Waals surface area contributed by atoms with Crippen molar-refractivity contribution in [3.8, 4) is 11.3 Å². The second-order valence-corrected chi connectivity index (χ2v) is 6.50. The van der Waals surface area contributed by atoms with Crippen molar-refractivity contribution in [3.05, 3.63) is 83.0 Å². The van der Waals surface area contributed by atoms with Crippen LogP contribution in [0, 0.1) is 13.8 Å². The molecular formula is C22H24N2O. The van der Waals surface area contributed by atoms with E-state index >= 15 is 0 Å². The van der Waals surface area contributed by atoms with E-state index in [2.05, 4.69) is 60.0 Å². The third-order valence-corrected chi connectivity index (χ3v) is 4.67. The van der Waals surface area contributed by atoms with Gasteiger partial charge in [-0.05, 0) is 43.9 Å². The molecule has 0 unspecified atom stereocenters. The first-order valence-corrected chi connectivity index (χ1v) is 8.67. The molecule has 3 heteroatoms. The summed E-state index contributed by atoms with van der Waals surface area (Å²) < 4.78 is 2.22. The maximum Gasteiger partial charge on any atom is 0.250 e. The predicted octanol–water partition coefficient (Wildman–Crippen LogP) is 4.50. The molecule has 0 aliphatic heterocycles. The lowest BCUT2D eigenvalue weighted by Crippen LogP contribution is -2.12. The summed E-state index contributed by atoms with van der Waals surface area (Å²) in [5, 5.41) is 0. The highest BCUT2D eigenvalue weighted by Crippen LogP contribution is 2.27. The van der Waals surface area contributed by atoms with Crippen molar-refractivity contribution in [1.82, 2.24) is 4.57 Å². The van der Waals surface area contributed by atoms with Gasteiger partial charge in [0, 0.05) is 17.9 Å². The number of benzene rings is 2. The molecule has 0 aliphatic rings. The first kappa shape index (κ1) is 17.0. The molecule has 0 aliphatic carbocycles. The number of primary amides is 1. The normalized spacial score (nSPS) is 10.8. The molecule has 0 saturated carbocycles. The number of amides is 1. The van der Waals surface area contributed by atoms with Crippen LogP contribution >= 0.6 is 0 Å². The fourth-order valence-corrected chi connectivity index (χ4v) is 3.23. The number of nitrogens with zero attached hydrogens (tertiary/aromatic N) is 1. The molecule has 3 aromatic rings. The molecule has 0 saturated heterocycles. The summed E-state index contributed by atoms with van der Waals surface area (Å²) in [4.78, 5) is 11.8. The summed E-state index contributed by atoms with van der Waals surface area (Å²) in [6.07, 6.45) is 2.02. The van der Waals surface area contributed by atoms with Crippen molar-refractivity contribution >= 4 is 5.91 Å². The SMILES string of the molecule is Cc1ccc(-c2cc(C(N)=O)c(C)n2CCCc2ccccc2)cc1. The number of carbonyl (C=O) groups excluding carboxylic acids is 1. The van der Waals surface area contributed by atoms with Crippen LogP contribution in [0.3, 0.4) is 0 Å². The van der Waals surface area contributed by atoms with Gasteiger partial charge >= 0.3 is 0 Å². The molecule has 0 spiro atoms. The third kappa shape index (κ3) is 3.82. The topological polar surface area (TPSA) is 48.0 Å². The van der Waals surface area contributed by atoms with Gasteiger partial charge in [0.15, 0.2) is 0 Å². The Morgan fingerprint density at radius 3 is 2.32 bits per heavy atom. The van der Waals surface area contributed by atoms with E-state index in [0.717, 1.165) is 36.3 Å². The van der Waals surface area contributed by atoms with Crippen molar-refractivity contribution in [3.63, 3.8) is 0 Å². The molecular weight excluding hydrogens is 308 g/mol. The molecule has 1 amide bonds. The lowest BCUT2D eigenvalue weighted by Gasteiger charge is -2.12. The molecule has 0 radical (unpaired) electrons. The van der Waals surface area contributed by atoms with Crippen molar-refractivity contribution in [2.24, 2.45) is 5.73 Å². The van der Waals surface area contributed by atoms with Crippen LogP contribution in [-0.4, -0.2) is 10.5 Å². The van der Waals surface area contributed by atoms with E-state index in [4.69, 9.17) is 5.73 Å². The number of hydrogen-bond donors (Lipinski definition) is 1. The molecule has 128 valence electrons. The quantitative estimate of drug-likeness (QED) is 0.709. The Morgan fingerprint density at radius 2 is 1.68 bits per heavy atom. The van der Waals surface area contributed by atoms with Gasteiger partial charge in [0.1, 0.15) is 0 Å². The zero-order chi connectivity index (χ0) is 17.8. The monoisotopic (exact) mass is 332 g/mol. The lowest BCUT2D eigenvalue weighted by atomic mass is 10.1. The molecule has 0 fully saturated rings. The zero-order valence-electron chi connectivity index (χ0n) is 14.8. The van der Waals surface area contributed by atoms with Gasteiger partial charge in [0.25, 0.3) is 5.91 Å². The van der Waals surface area contributed by atoms with Gasteiger partial charge in [0.05, 0.1) is 5.56 Å². The van der Waals surface area contributed by atoms with Crippen molar-refractivity contribution in [2.45, 2.75) is 33.2 Å². The van der Waals surface area contributed by atoms with Crippen LogP contribution in [0.1, 0.15) is 33.6 Å². The molecule has 2 aromatic carbocycles. The molecule has 1 aromatic heterocycles. The number of carbonyl (C=O) groups is 1. The molecule has 0 atom stereocenters. The zero-order valence-corrected chi connectivity index (χ0v) is 14.8. The van der Waals surface area contributed by atoms with Crippen molar-refractivity contribution < 1.29 is 4.79 Å². The second kappa shape index (κ2) is 7.39. The Hall–Kier alpha value is -2.81. The van der Waals surface area contributed by atoms with Crippen LogP contribution in [0.15, 0.2) is 60.7 Å². The first-order chi connectivity index (χ1) is 12.1. The first-order valence-electron chi connectivity index (χ1n) is 8.67. The predicted molar refractivity (Wildman–Crippen MR) is 103 cm³/mol. The maximum atomic E-state index is 11.8. The van der Waals surface area contributed by atoms with E-state index in [1.165, 1.54) is 11.1 Å². The van der Waals surface area contributed by atoms with Gasteiger partial charge in [-0.15, -0.1) is 0 Å². The molecule has 1 heterocycles. The maximum absolute atomic E-state index is 11.8. The van der Waals surface area contributed by atoms with Gasteiger partial charge in [-0.25, -0.2) is 0 Å². The summed E-state index contributed by atoms with van der Waals surface area (Å²) in [6.45, 7) is 4.90. The Morgan fingerprint density at radius 1 is 1.00 bits per heavy atom. The van der Waals surface area contributed by atoms with Crippen molar-refractivity contribution in [2.75, 3.05) is 0 Å². The van der Waals surface area contributed by atoms with Crippen LogP contribution in [0.5, 0.6) is 0 Å². The van der Waals surface area contributed by atoms with E-state index < -0.39 is 0 Å². The molecule has 25 heavy (non-hydrogen) atoms. The summed E-state index contributed by atoms with van der Waals surface area (Å²) in [6, 6.07) is 20.8. The number of hydrogen-bond acceptors (Lipinski definition) is 1. The Kier molecular flexibility index (Phi) is 5.03. The number of nitrogens with two attached hydrogens (primary N) is 1. The number of aryl methyl sites for hydroxylation is 2. The van der Waals surface area contributed by atoms with Crippen LogP contribution in [0.4, 0.5) is 0 Å². The summed E-state index contributed by atoms with van der Waals surface area (Å²) >= 11 is 0. The van der Waals surface area contributed by atoms with Crippen LogP contribution < -0.4 is 5.73 Å². The van der Waals surface area contributed by atoms with Gasteiger partial charge < -0.3 is 10.3 Å². The molecule has 3 nitrogen and oxygen atoms in total. The second-order valence-electron chi connectivity index (χ2n) is 6.50. The summed E-state index contributed by atoms with van der Waals surface area (Å²) in [5.41, 5.74) is 11.8. The van der Waals surface area contributed by atoms with Gasteiger partial charge in [-0.3, -0.25) is 4.79 Å². The minimum atomic E-state index is -0.368. The molecule has 0 bridgehead atoms. The van der Waals surface area contributed by atoms with E-state index in [-0.39, 0.29) is 5.91 Å². The smallest absolute Gasteiger partial charge is 0.250 e. The Balaban J connectivity index is 1.88.